The first kappa shape index (κ1) is 15.5. The zero-order chi connectivity index (χ0) is 15.6. The number of hydrogen-bond donors (Lipinski definition) is 0. The molecule has 0 spiro atoms. The van der Waals surface area contributed by atoms with Gasteiger partial charge < -0.3 is 0 Å². The Balaban J connectivity index is 2.87. The van der Waals surface area contributed by atoms with E-state index in [-0.39, 0.29) is 11.2 Å². The van der Waals surface area contributed by atoms with Gasteiger partial charge >= 0.3 is 5.69 Å². The third kappa shape index (κ3) is 2.78. The smallest absolute Gasteiger partial charge is 0.280 e. The van der Waals surface area contributed by atoms with Crippen LogP contribution in [0.3, 0.4) is 0 Å². The first-order valence-corrected chi connectivity index (χ1v) is 7.70. The van der Waals surface area contributed by atoms with Crippen molar-refractivity contribution in [3.05, 3.63) is 39.3 Å². The number of nitrogens with zero attached hydrogens (tertiary/aromatic N) is 4. The normalized spacial score (nSPS) is 11.0. The summed E-state index contributed by atoms with van der Waals surface area (Å²) in [5, 5.41) is 1.01. The average Bonchev–Trinajstić information content (AvgIpc) is 2.48. The first-order valence-electron chi connectivity index (χ1n) is 6.71. The molecule has 2 heterocycles. The van der Waals surface area contributed by atoms with Gasteiger partial charge in [0.15, 0.2) is 5.65 Å². The van der Waals surface area contributed by atoms with Gasteiger partial charge in [0.1, 0.15) is 16.2 Å². The lowest BCUT2D eigenvalue weighted by molar-refractivity contribution is 0.696. The standard InChI is InChI=1S/C14H18N4O2S/c1-5-7-9-15-11-10(12(16-9)21-8-6-2)13(19)18(4)14(20)17(11)3/h6H,2,5,7-8H2,1,3-4H3. The summed E-state index contributed by atoms with van der Waals surface area (Å²) < 4.78 is 2.48. The van der Waals surface area contributed by atoms with Crippen molar-refractivity contribution in [2.45, 2.75) is 24.8 Å². The Morgan fingerprint density at radius 1 is 1.24 bits per heavy atom. The summed E-state index contributed by atoms with van der Waals surface area (Å²) in [4.78, 5) is 33.3. The van der Waals surface area contributed by atoms with Crippen LogP contribution in [0.2, 0.25) is 0 Å². The van der Waals surface area contributed by atoms with Gasteiger partial charge in [-0.05, 0) is 6.42 Å². The molecule has 0 N–H and O–H groups in total. The Morgan fingerprint density at radius 3 is 2.57 bits per heavy atom. The number of thioether (sulfide) groups is 1. The maximum absolute atomic E-state index is 12.4. The molecular formula is C14H18N4O2S. The molecule has 2 rings (SSSR count). The molecule has 7 heteroatoms. The van der Waals surface area contributed by atoms with Gasteiger partial charge in [-0.3, -0.25) is 13.9 Å². The van der Waals surface area contributed by atoms with Crippen LogP contribution in [0.25, 0.3) is 11.0 Å². The molecule has 0 unspecified atom stereocenters. The van der Waals surface area contributed by atoms with Crippen molar-refractivity contribution in [2.75, 3.05) is 5.75 Å². The lowest BCUT2D eigenvalue weighted by Crippen LogP contribution is -2.37. The van der Waals surface area contributed by atoms with E-state index in [1.807, 2.05) is 6.92 Å². The molecular weight excluding hydrogens is 288 g/mol. The molecule has 0 aliphatic rings. The topological polar surface area (TPSA) is 69.8 Å². The van der Waals surface area contributed by atoms with Crippen molar-refractivity contribution < 1.29 is 0 Å². The van der Waals surface area contributed by atoms with Crippen LogP contribution in [0, 0.1) is 0 Å². The lowest BCUT2D eigenvalue weighted by Gasteiger charge is -2.11. The average molecular weight is 306 g/mol. The molecule has 0 aromatic carbocycles. The second-order valence-corrected chi connectivity index (χ2v) is 5.71. The molecule has 0 atom stereocenters. The summed E-state index contributed by atoms with van der Waals surface area (Å²) in [7, 11) is 3.08. The fraction of sp³-hybridized carbons (Fsp3) is 0.429. The van der Waals surface area contributed by atoms with Gasteiger partial charge in [-0.25, -0.2) is 14.8 Å². The largest absolute Gasteiger partial charge is 0.332 e. The zero-order valence-electron chi connectivity index (χ0n) is 12.4. The van der Waals surface area contributed by atoms with Gasteiger partial charge in [-0.2, -0.15) is 0 Å². The Kier molecular flexibility index (Phi) is 4.62. The molecule has 0 aliphatic heterocycles. The Morgan fingerprint density at radius 2 is 1.95 bits per heavy atom. The summed E-state index contributed by atoms with van der Waals surface area (Å²) in [6, 6.07) is 0. The highest BCUT2D eigenvalue weighted by atomic mass is 32.2. The summed E-state index contributed by atoms with van der Waals surface area (Å²) >= 11 is 1.43. The summed E-state index contributed by atoms with van der Waals surface area (Å²) in [6.07, 6.45) is 3.36. The van der Waals surface area contributed by atoms with Gasteiger partial charge in [-0.15, -0.1) is 18.3 Å². The third-order valence-corrected chi connectivity index (χ3v) is 4.10. The van der Waals surface area contributed by atoms with E-state index in [0.717, 1.165) is 11.0 Å². The van der Waals surface area contributed by atoms with Crippen molar-refractivity contribution >= 4 is 22.8 Å². The van der Waals surface area contributed by atoms with E-state index >= 15 is 0 Å². The lowest BCUT2D eigenvalue weighted by atomic mass is 10.3. The van der Waals surface area contributed by atoms with Crippen molar-refractivity contribution in [3.8, 4) is 0 Å². The predicted octanol–water partition coefficient (Wildman–Crippen LogP) is 1.26. The minimum absolute atomic E-state index is 0.359. The van der Waals surface area contributed by atoms with E-state index in [2.05, 4.69) is 16.5 Å². The number of rotatable bonds is 5. The quantitative estimate of drug-likeness (QED) is 0.472. The van der Waals surface area contributed by atoms with Gasteiger partial charge in [0.25, 0.3) is 5.56 Å². The highest BCUT2D eigenvalue weighted by Gasteiger charge is 2.16. The molecule has 2 aromatic heterocycles. The molecule has 2 aromatic rings. The molecule has 0 bridgehead atoms. The molecule has 21 heavy (non-hydrogen) atoms. The second kappa shape index (κ2) is 6.26. The van der Waals surface area contributed by atoms with Gasteiger partial charge in [-0.1, -0.05) is 13.0 Å². The minimum Gasteiger partial charge on any atom is -0.280 e. The van der Waals surface area contributed by atoms with E-state index in [1.54, 1.807) is 13.1 Å². The van der Waals surface area contributed by atoms with Crippen molar-refractivity contribution in [3.63, 3.8) is 0 Å². The van der Waals surface area contributed by atoms with Crippen LogP contribution in [0.5, 0.6) is 0 Å². The summed E-state index contributed by atoms with van der Waals surface area (Å²) in [5.74, 6) is 1.30. The molecule has 0 saturated heterocycles. The first-order chi connectivity index (χ1) is 10.0. The van der Waals surface area contributed by atoms with Crippen molar-refractivity contribution in [2.24, 2.45) is 14.1 Å². The Bertz CT molecular complexity index is 807. The molecule has 6 nitrogen and oxygen atoms in total. The molecule has 0 saturated carbocycles. The van der Waals surface area contributed by atoms with Gasteiger partial charge in [0.2, 0.25) is 0 Å². The van der Waals surface area contributed by atoms with Crippen molar-refractivity contribution in [1.82, 2.24) is 19.1 Å². The SMILES string of the molecule is C=CCSc1nc(CCC)nc2c1c(=O)n(C)c(=O)n2C. The van der Waals surface area contributed by atoms with E-state index < -0.39 is 0 Å². The Labute approximate surface area is 126 Å². The fourth-order valence-corrected chi connectivity index (χ4v) is 2.82. The highest BCUT2D eigenvalue weighted by Crippen LogP contribution is 2.22. The predicted molar refractivity (Wildman–Crippen MR) is 84.9 cm³/mol. The van der Waals surface area contributed by atoms with Crippen LogP contribution in [0.1, 0.15) is 19.2 Å². The summed E-state index contributed by atoms with van der Waals surface area (Å²) in [6.45, 7) is 5.72. The van der Waals surface area contributed by atoms with Crippen LogP contribution >= 0.6 is 11.8 Å². The third-order valence-electron chi connectivity index (χ3n) is 3.12. The highest BCUT2D eigenvalue weighted by molar-refractivity contribution is 7.99. The maximum Gasteiger partial charge on any atom is 0.332 e. The molecule has 0 fully saturated rings. The second-order valence-electron chi connectivity index (χ2n) is 4.70. The number of aryl methyl sites for hydroxylation is 2. The monoisotopic (exact) mass is 306 g/mol. The van der Waals surface area contributed by atoms with Crippen LogP contribution in [-0.2, 0) is 20.5 Å². The fourth-order valence-electron chi connectivity index (χ4n) is 2.05. The number of fused-ring (bicyclic) bond motifs is 1. The number of aromatic nitrogens is 4. The van der Waals surface area contributed by atoms with Crippen molar-refractivity contribution in [1.29, 1.82) is 0 Å². The van der Waals surface area contributed by atoms with Crippen LogP contribution in [0.4, 0.5) is 0 Å². The van der Waals surface area contributed by atoms with E-state index in [0.29, 0.717) is 34.1 Å². The Hall–Kier alpha value is -1.89. The molecule has 0 amide bonds. The van der Waals surface area contributed by atoms with Gasteiger partial charge in [0.05, 0.1) is 0 Å². The van der Waals surface area contributed by atoms with E-state index in [4.69, 9.17) is 0 Å². The molecule has 0 radical (unpaired) electrons. The number of hydrogen-bond acceptors (Lipinski definition) is 5. The van der Waals surface area contributed by atoms with Crippen LogP contribution in [0.15, 0.2) is 27.3 Å². The van der Waals surface area contributed by atoms with Crippen LogP contribution in [-0.4, -0.2) is 24.9 Å². The van der Waals surface area contributed by atoms with Crippen LogP contribution < -0.4 is 11.2 Å². The molecule has 112 valence electrons. The molecule has 0 aliphatic carbocycles. The minimum atomic E-state index is -0.381. The van der Waals surface area contributed by atoms with Gasteiger partial charge in [0, 0.05) is 26.3 Å². The maximum atomic E-state index is 12.4. The van der Waals surface area contributed by atoms with E-state index in [9.17, 15) is 9.59 Å². The van der Waals surface area contributed by atoms with E-state index in [1.165, 1.54) is 23.4 Å². The zero-order valence-corrected chi connectivity index (χ0v) is 13.2. The summed E-state index contributed by atoms with van der Waals surface area (Å²) in [5.41, 5.74) is -0.343.